The summed E-state index contributed by atoms with van der Waals surface area (Å²) < 4.78 is 17.4. The van der Waals surface area contributed by atoms with Crippen molar-refractivity contribution < 1.29 is 24.2 Å². The molecule has 0 fully saturated rings. The molecule has 0 saturated heterocycles. The standard InChI is InChI=1S/C48H60N2O5/c1-8-10-26-49-41-24-14-12-18-35(41)37-20-16-22-39(45(37)49)43(52)30-33(3)47(5,6)54-28-29-55-48(7,32-51)34(4)31-44(53)40-23-17-21-38-36-19-13-15-25-42(36)50(46(38)40)27-11-9-2/h12-25,33-34,51H,8-11,26-32H2,1-7H3. The van der Waals surface area contributed by atoms with Crippen molar-refractivity contribution in [3.63, 3.8) is 0 Å². The summed E-state index contributed by atoms with van der Waals surface area (Å²) in [5, 5.41) is 15.1. The molecule has 1 N–H and O–H groups in total. The highest BCUT2D eigenvalue weighted by Crippen LogP contribution is 2.36. The number of carbonyl (C=O) groups excluding carboxylic acids is 2. The predicted octanol–water partition coefficient (Wildman–Crippen LogP) is 11.2. The number of para-hydroxylation sites is 4. The molecule has 0 aliphatic rings. The topological polar surface area (TPSA) is 82.7 Å². The Balaban J connectivity index is 1.09. The van der Waals surface area contributed by atoms with Crippen LogP contribution in [-0.4, -0.2) is 56.8 Å². The van der Waals surface area contributed by atoms with Gasteiger partial charge in [-0.25, -0.2) is 0 Å². The maximum atomic E-state index is 14.0. The Hall–Kier alpha value is -4.30. The first kappa shape index (κ1) is 40.4. The Morgan fingerprint density at radius 1 is 0.618 bits per heavy atom. The van der Waals surface area contributed by atoms with Gasteiger partial charge in [0.2, 0.25) is 0 Å². The van der Waals surface area contributed by atoms with E-state index in [0.29, 0.717) is 18.6 Å². The number of rotatable bonds is 20. The zero-order chi connectivity index (χ0) is 39.3. The SMILES string of the molecule is CCCCn1c2ccccc2c2cccc(C(=O)CC(C)C(C)(C)OCCOC(C)(CO)C(C)CC(=O)c3cccc4c5ccccc5n(CCCC)c34)c21. The zero-order valence-corrected chi connectivity index (χ0v) is 34.0. The number of Topliss-reactive ketones (excluding diaryl/α,β-unsaturated/α-hetero) is 2. The summed E-state index contributed by atoms with van der Waals surface area (Å²) >= 11 is 0. The number of aliphatic hydroxyl groups excluding tert-OH is 1. The van der Waals surface area contributed by atoms with Crippen LogP contribution in [0.1, 0.15) is 108 Å². The third-order valence-electron chi connectivity index (χ3n) is 12.2. The number of unbranched alkanes of at least 4 members (excludes halogenated alkanes) is 2. The van der Waals surface area contributed by atoms with Gasteiger partial charge >= 0.3 is 0 Å². The molecule has 2 aromatic heterocycles. The number of ketones is 2. The number of aliphatic hydroxyl groups is 1. The fourth-order valence-electron chi connectivity index (χ4n) is 8.07. The Morgan fingerprint density at radius 2 is 1.05 bits per heavy atom. The molecule has 0 radical (unpaired) electrons. The Morgan fingerprint density at radius 3 is 1.53 bits per heavy atom. The number of aromatic nitrogens is 2. The summed E-state index contributed by atoms with van der Waals surface area (Å²) in [6.45, 7) is 16.4. The molecule has 0 amide bonds. The third-order valence-corrected chi connectivity index (χ3v) is 12.2. The summed E-state index contributed by atoms with van der Waals surface area (Å²) in [6, 6.07) is 28.9. The molecule has 3 atom stereocenters. The summed E-state index contributed by atoms with van der Waals surface area (Å²) in [6.07, 6.45) is 4.80. The van der Waals surface area contributed by atoms with E-state index in [4.69, 9.17) is 9.47 Å². The molecule has 6 aromatic rings. The minimum atomic E-state index is -0.942. The molecular weight excluding hydrogens is 685 g/mol. The minimum Gasteiger partial charge on any atom is -0.393 e. The highest BCUT2D eigenvalue weighted by molar-refractivity contribution is 6.17. The van der Waals surface area contributed by atoms with E-state index in [1.165, 1.54) is 10.9 Å². The lowest BCUT2D eigenvalue weighted by Gasteiger charge is -2.35. The lowest BCUT2D eigenvalue weighted by Crippen LogP contribution is -2.43. The summed E-state index contributed by atoms with van der Waals surface area (Å²) in [7, 11) is 0. The second kappa shape index (κ2) is 17.2. The normalized spacial score (nSPS) is 14.5. The van der Waals surface area contributed by atoms with E-state index >= 15 is 0 Å². The molecule has 0 aliphatic carbocycles. The van der Waals surface area contributed by atoms with Gasteiger partial charge in [0.05, 0.1) is 42.1 Å². The molecule has 292 valence electrons. The molecule has 7 nitrogen and oxygen atoms in total. The van der Waals surface area contributed by atoms with Crippen LogP contribution in [0, 0.1) is 11.8 Å². The van der Waals surface area contributed by atoms with Crippen LogP contribution in [0.15, 0.2) is 84.9 Å². The molecule has 0 saturated carbocycles. The van der Waals surface area contributed by atoms with Crippen molar-refractivity contribution in [1.29, 1.82) is 0 Å². The van der Waals surface area contributed by atoms with Gasteiger partial charge in [0.1, 0.15) is 0 Å². The van der Waals surface area contributed by atoms with Gasteiger partial charge in [-0.2, -0.15) is 0 Å². The number of hydrogen-bond donors (Lipinski definition) is 1. The number of ether oxygens (including phenoxy) is 2. The summed E-state index contributed by atoms with van der Waals surface area (Å²) in [4.78, 5) is 28.1. The number of hydrogen-bond acceptors (Lipinski definition) is 5. The monoisotopic (exact) mass is 744 g/mol. The number of aryl methyl sites for hydroxylation is 2. The van der Waals surface area contributed by atoms with E-state index in [1.807, 2.05) is 58.0 Å². The van der Waals surface area contributed by atoms with Gasteiger partial charge in [0, 0.05) is 69.6 Å². The van der Waals surface area contributed by atoms with Crippen molar-refractivity contribution in [3.8, 4) is 0 Å². The van der Waals surface area contributed by atoms with Crippen LogP contribution in [-0.2, 0) is 22.6 Å². The van der Waals surface area contributed by atoms with Gasteiger partial charge in [-0.15, -0.1) is 0 Å². The average molecular weight is 745 g/mol. The number of fused-ring (bicyclic) bond motifs is 6. The molecule has 3 unspecified atom stereocenters. The first-order chi connectivity index (χ1) is 26.5. The van der Waals surface area contributed by atoms with Crippen LogP contribution in [0.5, 0.6) is 0 Å². The largest absolute Gasteiger partial charge is 0.393 e. The Labute approximate surface area is 326 Å². The van der Waals surface area contributed by atoms with Crippen molar-refractivity contribution >= 4 is 55.2 Å². The molecule has 0 spiro atoms. The average Bonchev–Trinajstić information content (AvgIpc) is 3.69. The van der Waals surface area contributed by atoms with Gasteiger partial charge in [-0.3, -0.25) is 9.59 Å². The molecule has 2 heterocycles. The maximum Gasteiger partial charge on any atom is 0.165 e. The van der Waals surface area contributed by atoms with Crippen molar-refractivity contribution in [1.82, 2.24) is 9.13 Å². The van der Waals surface area contributed by atoms with E-state index < -0.39 is 11.2 Å². The Kier molecular flexibility index (Phi) is 12.6. The van der Waals surface area contributed by atoms with Gasteiger partial charge in [-0.05, 0) is 69.7 Å². The lowest BCUT2D eigenvalue weighted by molar-refractivity contribution is -0.135. The molecule has 7 heteroatoms. The smallest absolute Gasteiger partial charge is 0.165 e. The molecule has 0 bridgehead atoms. The van der Waals surface area contributed by atoms with E-state index in [2.05, 4.69) is 84.5 Å². The van der Waals surface area contributed by atoms with Crippen LogP contribution < -0.4 is 0 Å². The highest BCUT2D eigenvalue weighted by Gasteiger charge is 2.35. The number of carbonyl (C=O) groups is 2. The van der Waals surface area contributed by atoms with Crippen LogP contribution in [0.25, 0.3) is 43.6 Å². The molecular formula is C48H60N2O5. The summed E-state index contributed by atoms with van der Waals surface area (Å²) in [5.41, 5.74) is 4.25. The van der Waals surface area contributed by atoms with Gasteiger partial charge in [-0.1, -0.05) is 101 Å². The Bertz CT molecular complexity index is 2280. The van der Waals surface area contributed by atoms with E-state index in [1.54, 1.807) is 0 Å². The van der Waals surface area contributed by atoms with Crippen molar-refractivity contribution in [2.45, 2.75) is 111 Å². The third kappa shape index (κ3) is 8.16. The zero-order valence-electron chi connectivity index (χ0n) is 34.0. The fourth-order valence-corrected chi connectivity index (χ4v) is 8.07. The van der Waals surface area contributed by atoms with E-state index in [9.17, 15) is 14.7 Å². The van der Waals surface area contributed by atoms with Gasteiger partial charge < -0.3 is 23.7 Å². The van der Waals surface area contributed by atoms with E-state index in [0.717, 1.165) is 77.0 Å². The predicted molar refractivity (Wildman–Crippen MR) is 226 cm³/mol. The van der Waals surface area contributed by atoms with Gasteiger partial charge in [0.25, 0.3) is 0 Å². The highest BCUT2D eigenvalue weighted by atomic mass is 16.6. The molecule has 4 aromatic carbocycles. The molecule has 0 aliphatic heterocycles. The first-order valence-electron chi connectivity index (χ1n) is 20.4. The minimum absolute atomic E-state index is 0.0410. The summed E-state index contributed by atoms with van der Waals surface area (Å²) in [5.74, 6) is -0.174. The number of benzene rings is 4. The van der Waals surface area contributed by atoms with Crippen LogP contribution in [0.2, 0.25) is 0 Å². The van der Waals surface area contributed by atoms with Crippen molar-refractivity contribution in [3.05, 3.63) is 96.1 Å². The number of nitrogens with zero attached hydrogens (tertiary/aromatic N) is 2. The second-order valence-corrected chi connectivity index (χ2v) is 16.3. The fraction of sp³-hybridized carbons (Fsp3) is 0.458. The van der Waals surface area contributed by atoms with Crippen LogP contribution in [0.3, 0.4) is 0 Å². The quantitative estimate of drug-likeness (QED) is 0.0622. The lowest BCUT2D eigenvalue weighted by atomic mass is 9.85. The maximum absolute atomic E-state index is 14.0. The van der Waals surface area contributed by atoms with E-state index in [-0.39, 0.29) is 43.0 Å². The van der Waals surface area contributed by atoms with Gasteiger partial charge in [0.15, 0.2) is 11.6 Å². The van der Waals surface area contributed by atoms with Crippen molar-refractivity contribution in [2.75, 3.05) is 19.8 Å². The first-order valence-corrected chi connectivity index (χ1v) is 20.4. The van der Waals surface area contributed by atoms with Crippen molar-refractivity contribution in [2.24, 2.45) is 11.8 Å². The van der Waals surface area contributed by atoms with Crippen LogP contribution in [0.4, 0.5) is 0 Å². The van der Waals surface area contributed by atoms with Crippen LogP contribution >= 0.6 is 0 Å². The molecule has 55 heavy (non-hydrogen) atoms. The molecule has 6 rings (SSSR count). The second-order valence-electron chi connectivity index (χ2n) is 16.3.